The summed E-state index contributed by atoms with van der Waals surface area (Å²) in [6.45, 7) is 4.88. The lowest BCUT2D eigenvalue weighted by Gasteiger charge is -2.08. The highest BCUT2D eigenvalue weighted by Crippen LogP contribution is 2.20. The van der Waals surface area contributed by atoms with Crippen molar-refractivity contribution >= 4 is 40.6 Å². The zero-order valence-corrected chi connectivity index (χ0v) is 15.5. The lowest BCUT2D eigenvalue weighted by atomic mass is 10.1. The minimum absolute atomic E-state index is 0.0495. The first-order valence-electron chi connectivity index (χ1n) is 7.94. The number of anilines is 2. The first-order chi connectivity index (χ1) is 12.3. The largest absolute Gasteiger partial charge is 0.323 e. The summed E-state index contributed by atoms with van der Waals surface area (Å²) in [5.41, 5.74) is 2.81. The molecule has 2 amide bonds. The second kappa shape index (κ2) is 8.45. The summed E-state index contributed by atoms with van der Waals surface area (Å²) in [6.07, 6.45) is 1.21. The van der Waals surface area contributed by atoms with Crippen LogP contribution < -0.4 is 10.6 Å². The molecule has 0 radical (unpaired) electrons. The van der Waals surface area contributed by atoms with Gasteiger partial charge in [0.2, 0.25) is 5.91 Å². The average Bonchev–Trinajstić information content (AvgIpc) is 2.58. The van der Waals surface area contributed by atoms with Gasteiger partial charge in [-0.3, -0.25) is 14.4 Å². The molecular weight excluding hydrogens is 352 g/mol. The van der Waals surface area contributed by atoms with E-state index in [1.54, 1.807) is 49.4 Å². The monoisotopic (exact) mass is 370 g/mol. The van der Waals surface area contributed by atoms with Gasteiger partial charge in [-0.25, -0.2) is 0 Å². The zero-order valence-electron chi connectivity index (χ0n) is 14.7. The lowest BCUT2D eigenvalue weighted by molar-refractivity contribution is -0.114. The van der Waals surface area contributed by atoms with E-state index in [1.807, 2.05) is 6.92 Å². The summed E-state index contributed by atoms with van der Waals surface area (Å²) in [6, 6.07) is 11.7. The molecule has 0 aliphatic rings. The smallest absolute Gasteiger partial charge is 0.251 e. The maximum atomic E-state index is 12.2. The second-order valence-electron chi connectivity index (χ2n) is 5.87. The Hall–Kier alpha value is -2.92. The van der Waals surface area contributed by atoms with E-state index in [0.29, 0.717) is 22.0 Å². The molecule has 2 N–H and O–H groups in total. The van der Waals surface area contributed by atoms with Gasteiger partial charge in [-0.2, -0.15) is 0 Å². The molecule has 0 spiro atoms. The average molecular weight is 371 g/mol. The van der Waals surface area contributed by atoms with Gasteiger partial charge in [0.05, 0.1) is 0 Å². The van der Waals surface area contributed by atoms with Gasteiger partial charge in [-0.1, -0.05) is 17.7 Å². The van der Waals surface area contributed by atoms with E-state index < -0.39 is 11.8 Å². The number of Topliss-reactive ketones (excluding diaryl/α,β-unsaturated/α-hetero) is 1. The molecule has 2 aromatic carbocycles. The molecule has 0 fully saturated rings. The van der Waals surface area contributed by atoms with E-state index in [9.17, 15) is 14.4 Å². The summed E-state index contributed by atoms with van der Waals surface area (Å²) in [7, 11) is 0. The van der Waals surface area contributed by atoms with Crippen LogP contribution in [0, 0.1) is 6.92 Å². The van der Waals surface area contributed by atoms with Crippen molar-refractivity contribution in [3.63, 3.8) is 0 Å². The van der Waals surface area contributed by atoms with Crippen molar-refractivity contribution in [1.29, 1.82) is 0 Å². The third kappa shape index (κ3) is 5.29. The second-order valence-corrected chi connectivity index (χ2v) is 6.28. The van der Waals surface area contributed by atoms with Crippen molar-refractivity contribution in [2.45, 2.75) is 20.8 Å². The molecule has 0 heterocycles. The van der Waals surface area contributed by atoms with Gasteiger partial charge < -0.3 is 10.6 Å². The van der Waals surface area contributed by atoms with Gasteiger partial charge in [-0.05, 0) is 62.7 Å². The number of hydrogen-bond donors (Lipinski definition) is 2. The van der Waals surface area contributed by atoms with Crippen molar-refractivity contribution in [1.82, 2.24) is 0 Å². The Kier molecular flexibility index (Phi) is 6.31. The molecule has 2 aromatic rings. The molecule has 0 saturated heterocycles. The van der Waals surface area contributed by atoms with E-state index in [1.165, 1.54) is 13.0 Å². The highest BCUT2D eigenvalue weighted by molar-refractivity contribution is 6.31. The first kappa shape index (κ1) is 19.4. The first-order valence-corrected chi connectivity index (χ1v) is 8.32. The van der Waals surface area contributed by atoms with Crippen LogP contribution in [-0.2, 0) is 9.59 Å². The number of benzene rings is 2. The number of carbonyl (C=O) groups is 3. The van der Waals surface area contributed by atoms with Gasteiger partial charge in [0.15, 0.2) is 5.78 Å². The van der Waals surface area contributed by atoms with Crippen LogP contribution in [0.2, 0.25) is 5.02 Å². The minimum Gasteiger partial charge on any atom is -0.323 e. The molecule has 0 unspecified atom stereocenters. The van der Waals surface area contributed by atoms with Crippen molar-refractivity contribution in [3.05, 3.63) is 70.3 Å². The SMILES string of the molecule is CC(=O)c1ccc(NC(=O)/C=C(/C)C(=O)Nc2ccc(C)c(Cl)c2)cc1. The number of nitrogens with one attached hydrogen (secondary N) is 2. The van der Waals surface area contributed by atoms with Gasteiger partial charge in [0.25, 0.3) is 5.91 Å². The molecular formula is C20H19ClN2O3. The molecule has 0 saturated carbocycles. The van der Waals surface area contributed by atoms with Crippen LogP contribution in [0.25, 0.3) is 0 Å². The Morgan fingerprint density at radius 2 is 1.54 bits per heavy atom. The summed E-state index contributed by atoms with van der Waals surface area (Å²) in [4.78, 5) is 35.5. The Bertz CT molecular complexity index is 886. The van der Waals surface area contributed by atoms with E-state index in [-0.39, 0.29) is 11.4 Å². The lowest BCUT2D eigenvalue weighted by Crippen LogP contribution is -2.16. The summed E-state index contributed by atoms with van der Waals surface area (Å²) < 4.78 is 0. The van der Waals surface area contributed by atoms with Crippen molar-refractivity contribution in [3.8, 4) is 0 Å². The molecule has 0 aliphatic heterocycles. The fourth-order valence-corrected chi connectivity index (χ4v) is 2.31. The number of hydrogen-bond acceptors (Lipinski definition) is 3. The molecule has 0 aliphatic carbocycles. The van der Waals surface area contributed by atoms with Crippen molar-refractivity contribution in [2.75, 3.05) is 10.6 Å². The zero-order chi connectivity index (χ0) is 19.3. The topological polar surface area (TPSA) is 75.3 Å². The fraction of sp³-hybridized carbons (Fsp3) is 0.150. The molecule has 0 aromatic heterocycles. The highest BCUT2D eigenvalue weighted by atomic mass is 35.5. The minimum atomic E-state index is -0.435. The van der Waals surface area contributed by atoms with Crippen LogP contribution in [0.5, 0.6) is 0 Å². The Balaban J connectivity index is 2.00. The van der Waals surface area contributed by atoms with Crippen LogP contribution in [0.1, 0.15) is 29.8 Å². The normalized spacial score (nSPS) is 11.0. The van der Waals surface area contributed by atoms with E-state index in [0.717, 1.165) is 5.56 Å². The molecule has 26 heavy (non-hydrogen) atoms. The predicted molar refractivity (Wildman–Crippen MR) is 104 cm³/mol. The number of aryl methyl sites for hydroxylation is 1. The Morgan fingerprint density at radius 1 is 0.923 bits per heavy atom. The van der Waals surface area contributed by atoms with Crippen LogP contribution in [-0.4, -0.2) is 17.6 Å². The predicted octanol–water partition coefficient (Wildman–Crippen LogP) is 4.37. The highest BCUT2D eigenvalue weighted by Gasteiger charge is 2.09. The quantitative estimate of drug-likeness (QED) is 0.606. The Morgan fingerprint density at radius 3 is 2.12 bits per heavy atom. The number of rotatable bonds is 5. The summed E-state index contributed by atoms with van der Waals surface area (Å²) in [5, 5.41) is 5.89. The molecule has 134 valence electrons. The Labute approximate surface area is 157 Å². The number of ketones is 1. The number of halogens is 1. The molecule has 6 heteroatoms. The van der Waals surface area contributed by atoms with Gasteiger partial charge in [0, 0.05) is 33.6 Å². The van der Waals surface area contributed by atoms with E-state index in [2.05, 4.69) is 10.6 Å². The third-order valence-electron chi connectivity index (χ3n) is 3.69. The van der Waals surface area contributed by atoms with Gasteiger partial charge in [-0.15, -0.1) is 0 Å². The maximum Gasteiger partial charge on any atom is 0.251 e. The number of amides is 2. The molecule has 2 rings (SSSR count). The van der Waals surface area contributed by atoms with Crippen LogP contribution >= 0.6 is 11.6 Å². The van der Waals surface area contributed by atoms with E-state index in [4.69, 9.17) is 11.6 Å². The third-order valence-corrected chi connectivity index (χ3v) is 4.10. The standard InChI is InChI=1S/C20H19ClN2O3/c1-12-4-7-17(11-18(12)21)23-20(26)13(2)10-19(25)22-16-8-5-15(6-9-16)14(3)24/h4-11H,1-3H3,(H,22,25)(H,23,26)/b13-10-. The van der Waals surface area contributed by atoms with Crippen molar-refractivity contribution in [2.24, 2.45) is 0 Å². The fourth-order valence-electron chi connectivity index (χ4n) is 2.13. The van der Waals surface area contributed by atoms with E-state index >= 15 is 0 Å². The van der Waals surface area contributed by atoms with Gasteiger partial charge in [0.1, 0.15) is 0 Å². The number of carbonyl (C=O) groups excluding carboxylic acids is 3. The maximum absolute atomic E-state index is 12.2. The summed E-state index contributed by atoms with van der Waals surface area (Å²) in [5.74, 6) is -0.881. The molecule has 0 bridgehead atoms. The molecule has 5 nitrogen and oxygen atoms in total. The van der Waals surface area contributed by atoms with Crippen LogP contribution in [0.15, 0.2) is 54.1 Å². The molecule has 0 atom stereocenters. The summed E-state index contributed by atoms with van der Waals surface area (Å²) >= 11 is 6.03. The van der Waals surface area contributed by atoms with Crippen LogP contribution in [0.4, 0.5) is 11.4 Å². The van der Waals surface area contributed by atoms with Crippen LogP contribution in [0.3, 0.4) is 0 Å². The van der Waals surface area contributed by atoms with Crippen molar-refractivity contribution < 1.29 is 14.4 Å². The van der Waals surface area contributed by atoms with Gasteiger partial charge >= 0.3 is 0 Å².